The molecular weight excluding hydrogens is 329 g/mol. The zero-order valence-corrected chi connectivity index (χ0v) is 13.0. The highest BCUT2D eigenvalue weighted by Gasteiger charge is 2.07. The van der Waals surface area contributed by atoms with Crippen LogP contribution in [0.1, 0.15) is 37.4 Å². The number of rotatable bonds is 5. The Balaban J connectivity index is 2.73. The molecular formula is C13H18INS. The topological polar surface area (TPSA) is 12.9 Å². The first-order chi connectivity index (χ1) is 7.67. The zero-order chi connectivity index (χ0) is 12.0. The molecule has 1 rings (SSSR count). The summed E-state index contributed by atoms with van der Waals surface area (Å²) in [5, 5.41) is 3.26. The van der Waals surface area contributed by atoms with Crippen LogP contribution < -0.4 is 0 Å². The summed E-state index contributed by atoms with van der Waals surface area (Å²) < 4.78 is 2.10. The molecule has 0 aliphatic heterocycles. The highest BCUT2D eigenvalue weighted by molar-refractivity contribution is 14.1. The molecule has 0 aliphatic rings. The fraction of sp³-hybridized carbons (Fsp3) is 0.462. The Labute approximate surface area is 116 Å². The molecule has 0 bridgehead atoms. The van der Waals surface area contributed by atoms with Gasteiger partial charge in [0.1, 0.15) is 0 Å². The van der Waals surface area contributed by atoms with Gasteiger partial charge >= 0.3 is 0 Å². The number of allylic oxidation sites excluding steroid dienone is 2. The third kappa shape index (κ3) is 4.37. The summed E-state index contributed by atoms with van der Waals surface area (Å²) in [5.41, 5.74) is 2.54. The molecule has 3 heteroatoms. The molecule has 0 N–H and O–H groups in total. The molecule has 0 fully saturated rings. The summed E-state index contributed by atoms with van der Waals surface area (Å²) >= 11 is 3.99. The molecule has 0 aromatic carbocycles. The van der Waals surface area contributed by atoms with Crippen LogP contribution in [0.2, 0.25) is 0 Å². The second kappa shape index (κ2) is 7.22. The van der Waals surface area contributed by atoms with Crippen LogP contribution in [0, 0.1) is 12.8 Å². The van der Waals surface area contributed by atoms with E-state index in [1.165, 1.54) is 12.0 Å². The highest BCUT2D eigenvalue weighted by atomic mass is 127. The van der Waals surface area contributed by atoms with E-state index in [0.717, 1.165) is 17.1 Å². The van der Waals surface area contributed by atoms with Crippen molar-refractivity contribution in [1.82, 2.24) is 4.98 Å². The quantitative estimate of drug-likeness (QED) is 0.666. The molecule has 1 heterocycles. The summed E-state index contributed by atoms with van der Waals surface area (Å²) in [4.78, 5) is 4.47. The number of aromatic nitrogens is 1. The van der Waals surface area contributed by atoms with E-state index in [1.54, 1.807) is 11.3 Å². The number of aryl methyl sites for hydroxylation is 1. The van der Waals surface area contributed by atoms with Crippen molar-refractivity contribution < 1.29 is 0 Å². The van der Waals surface area contributed by atoms with Crippen molar-refractivity contribution in [3.63, 3.8) is 0 Å². The van der Waals surface area contributed by atoms with Crippen molar-refractivity contribution in [3.8, 4) is 0 Å². The lowest BCUT2D eigenvalue weighted by Crippen LogP contribution is -1.98. The molecule has 1 aromatic rings. The third-order valence-corrected chi connectivity index (χ3v) is 3.96. The van der Waals surface area contributed by atoms with Gasteiger partial charge in [0.2, 0.25) is 0 Å². The van der Waals surface area contributed by atoms with Crippen molar-refractivity contribution >= 4 is 40.0 Å². The normalized spacial score (nSPS) is 14.6. The van der Waals surface area contributed by atoms with E-state index in [2.05, 4.69) is 63.0 Å². The maximum Gasteiger partial charge on any atom is 0.0901 e. The second-order valence-electron chi connectivity index (χ2n) is 3.88. The smallest absolute Gasteiger partial charge is 0.0901 e. The first-order valence-electron chi connectivity index (χ1n) is 5.53. The number of hydrogen-bond acceptors (Lipinski definition) is 2. The van der Waals surface area contributed by atoms with Crippen LogP contribution in [-0.2, 0) is 0 Å². The van der Waals surface area contributed by atoms with Crippen molar-refractivity contribution in [3.05, 3.63) is 31.8 Å². The van der Waals surface area contributed by atoms with Crippen LogP contribution in [0.25, 0.3) is 6.08 Å². The second-order valence-corrected chi connectivity index (χ2v) is 5.66. The van der Waals surface area contributed by atoms with Crippen molar-refractivity contribution in [2.75, 3.05) is 0 Å². The third-order valence-electron chi connectivity index (χ3n) is 2.66. The molecule has 88 valence electrons. The van der Waals surface area contributed by atoms with E-state index in [9.17, 15) is 0 Å². The Morgan fingerprint density at radius 3 is 2.88 bits per heavy atom. The van der Waals surface area contributed by atoms with E-state index in [-0.39, 0.29) is 0 Å². The predicted molar refractivity (Wildman–Crippen MR) is 82.1 cm³/mol. The fourth-order valence-electron chi connectivity index (χ4n) is 1.69. The van der Waals surface area contributed by atoms with E-state index in [0.29, 0.717) is 5.92 Å². The van der Waals surface area contributed by atoms with Gasteiger partial charge in [-0.15, -0.1) is 11.3 Å². The lowest BCUT2D eigenvalue weighted by atomic mass is 9.93. The van der Waals surface area contributed by atoms with Crippen LogP contribution >= 0.6 is 33.9 Å². The maximum atomic E-state index is 4.47. The van der Waals surface area contributed by atoms with Gasteiger partial charge in [-0.05, 0) is 42.8 Å². The van der Waals surface area contributed by atoms with E-state index in [1.807, 2.05) is 6.92 Å². The maximum absolute atomic E-state index is 4.47. The highest BCUT2D eigenvalue weighted by Crippen LogP contribution is 2.22. The Kier molecular flexibility index (Phi) is 6.28. The summed E-state index contributed by atoms with van der Waals surface area (Å²) in [5.74, 6) is 0.646. The van der Waals surface area contributed by atoms with Gasteiger partial charge in [0, 0.05) is 5.38 Å². The minimum Gasteiger partial charge on any atom is -0.242 e. The Morgan fingerprint density at radius 1 is 1.62 bits per heavy atom. The molecule has 0 aliphatic carbocycles. The van der Waals surface area contributed by atoms with Crippen molar-refractivity contribution in [2.24, 2.45) is 5.92 Å². The average Bonchev–Trinajstić information content (AvgIpc) is 2.65. The molecule has 1 unspecified atom stereocenters. The molecule has 0 amide bonds. The molecule has 0 saturated heterocycles. The van der Waals surface area contributed by atoms with Gasteiger partial charge in [0.15, 0.2) is 0 Å². The predicted octanol–water partition coefficient (Wildman–Crippen LogP) is 5.22. The van der Waals surface area contributed by atoms with Gasteiger partial charge in [-0.2, -0.15) is 0 Å². The van der Waals surface area contributed by atoms with Crippen LogP contribution in [-0.4, -0.2) is 4.98 Å². The minimum absolute atomic E-state index is 0.646. The van der Waals surface area contributed by atoms with Gasteiger partial charge in [-0.25, -0.2) is 4.98 Å². The van der Waals surface area contributed by atoms with Gasteiger partial charge < -0.3 is 0 Å². The van der Waals surface area contributed by atoms with Crippen LogP contribution in [0.5, 0.6) is 0 Å². The molecule has 1 atom stereocenters. The number of nitrogens with zero attached hydrogens (tertiary/aromatic N) is 1. The number of halogens is 1. The molecule has 1 aromatic heterocycles. The van der Waals surface area contributed by atoms with Gasteiger partial charge in [0.25, 0.3) is 0 Å². The van der Waals surface area contributed by atoms with E-state index in [4.69, 9.17) is 0 Å². The van der Waals surface area contributed by atoms with Gasteiger partial charge in [-0.1, -0.05) is 41.2 Å². The lowest BCUT2D eigenvalue weighted by Gasteiger charge is -2.12. The van der Waals surface area contributed by atoms with Gasteiger partial charge in [0.05, 0.1) is 10.7 Å². The largest absolute Gasteiger partial charge is 0.242 e. The standard InChI is InChI=1S/C13H18INS/c1-4-12(6-5-7-14)10(2)8-13-9-16-11(3)15-13/h5,7-9,12H,4,6H2,1-3H3/b7-5-,10-8+. The van der Waals surface area contributed by atoms with Crippen LogP contribution in [0.4, 0.5) is 0 Å². The summed E-state index contributed by atoms with van der Waals surface area (Å²) in [7, 11) is 0. The molecule has 0 saturated carbocycles. The van der Waals surface area contributed by atoms with Crippen molar-refractivity contribution in [1.29, 1.82) is 0 Å². The van der Waals surface area contributed by atoms with Gasteiger partial charge in [-0.3, -0.25) is 0 Å². The summed E-state index contributed by atoms with van der Waals surface area (Å²) in [6, 6.07) is 0. The van der Waals surface area contributed by atoms with E-state index < -0.39 is 0 Å². The SMILES string of the molecule is CCC(C/C=C\I)/C(C)=C/c1csc(C)n1. The summed E-state index contributed by atoms with van der Waals surface area (Å²) in [6.45, 7) is 6.51. The lowest BCUT2D eigenvalue weighted by molar-refractivity contribution is 0.605. The molecule has 16 heavy (non-hydrogen) atoms. The van der Waals surface area contributed by atoms with Crippen LogP contribution in [0.3, 0.4) is 0 Å². The number of thiazole rings is 1. The zero-order valence-electron chi connectivity index (χ0n) is 10.0. The molecule has 0 spiro atoms. The van der Waals surface area contributed by atoms with Crippen molar-refractivity contribution in [2.45, 2.75) is 33.6 Å². The Hall–Kier alpha value is -0.160. The average molecular weight is 347 g/mol. The van der Waals surface area contributed by atoms with Crippen LogP contribution in [0.15, 0.2) is 21.1 Å². The fourth-order valence-corrected chi connectivity index (χ4v) is 2.55. The molecule has 1 nitrogen and oxygen atoms in total. The first kappa shape index (κ1) is 13.9. The number of hydrogen-bond donors (Lipinski definition) is 0. The Bertz CT molecular complexity index is 379. The molecule has 0 radical (unpaired) electrons. The minimum atomic E-state index is 0.646. The monoisotopic (exact) mass is 347 g/mol. The summed E-state index contributed by atoms with van der Waals surface area (Å²) in [6.07, 6.45) is 6.77. The first-order valence-corrected chi connectivity index (χ1v) is 7.65. The Morgan fingerprint density at radius 2 is 2.38 bits per heavy atom. The van der Waals surface area contributed by atoms with E-state index >= 15 is 0 Å².